The van der Waals surface area contributed by atoms with E-state index < -0.39 is 58.8 Å². The maximum atomic E-state index is 14.1. The SMILES string of the molecule is C=CCOC(=O)/C=C/C[C@H]1C[C@@H](O)[C@@H](C)C/C=C/Cc2cccc(O)c2C(=O)O1.C=CCOC(=O)/C=C/C[C@H]1C[C@@H](O[Si](C)(C)C(C)(C)C)[C@@H](C)C/C=C/Cc2cccc(O[Si](C)(C)C(C)(C)C)c2C(=O)O1. The third-order valence-electron chi connectivity index (χ3n) is 13.9. The molecule has 0 bridgehead atoms. The van der Waals surface area contributed by atoms with Crippen molar-refractivity contribution in [1.29, 1.82) is 0 Å². The lowest BCUT2D eigenvalue weighted by molar-refractivity contribution is -0.137. The van der Waals surface area contributed by atoms with Gasteiger partial charge in [-0.1, -0.05) is 141 Å². The largest absolute Gasteiger partial charge is 0.543 e. The molecule has 0 saturated heterocycles. The van der Waals surface area contributed by atoms with Crippen LogP contribution in [-0.2, 0) is 45.8 Å². The number of allylic oxidation sites excluding steroid dienone is 4. The number of esters is 4. The first-order valence-corrected chi connectivity index (χ1v) is 31.1. The lowest BCUT2D eigenvalue weighted by Crippen LogP contribution is -2.46. The predicted octanol–water partition coefficient (Wildman–Crippen LogP) is 12.7. The molecule has 0 spiro atoms. The molecule has 396 valence electrons. The van der Waals surface area contributed by atoms with Crippen molar-refractivity contribution in [2.24, 2.45) is 11.8 Å². The Kier molecular flexibility index (Phi) is 23.9. The summed E-state index contributed by atoms with van der Waals surface area (Å²) in [5.41, 5.74) is 2.15. The minimum absolute atomic E-state index is 0.0166. The summed E-state index contributed by atoms with van der Waals surface area (Å²) in [5, 5.41) is 20.7. The Morgan fingerprint density at radius 3 is 1.68 bits per heavy atom. The van der Waals surface area contributed by atoms with Gasteiger partial charge in [0.05, 0.1) is 12.2 Å². The highest BCUT2D eigenvalue weighted by atomic mass is 28.4. The Morgan fingerprint density at radius 1 is 0.694 bits per heavy atom. The lowest BCUT2D eigenvalue weighted by Gasteiger charge is -2.41. The molecule has 4 rings (SSSR count). The summed E-state index contributed by atoms with van der Waals surface area (Å²) in [6, 6.07) is 10.7. The van der Waals surface area contributed by atoms with Gasteiger partial charge < -0.3 is 38.0 Å². The van der Waals surface area contributed by atoms with Gasteiger partial charge >= 0.3 is 23.9 Å². The average Bonchev–Trinajstić information content (AvgIpc) is 3.28. The molecule has 0 amide bonds. The first kappa shape index (κ1) is 61.0. The van der Waals surface area contributed by atoms with Gasteiger partial charge in [-0.2, -0.15) is 0 Å². The number of cyclic esters (lactones) is 2. The lowest BCUT2D eigenvalue weighted by atomic mass is 9.93. The molecular formula is C58H84O12Si2. The highest BCUT2D eigenvalue weighted by Gasteiger charge is 2.42. The summed E-state index contributed by atoms with van der Waals surface area (Å²) in [6.07, 6.45) is 19.1. The summed E-state index contributed by atoms with van der Waals surface area (Å²) in [6.45, 7) is 33.5. The number of benzene rings is 2. The van der Waals surface area contributed by atoms with Crippen molar-refractivity contribution in [2.45, 2.75) is 167 Å². The van der Waals surface area contributed by atoms with Crippen LogP contribution < -0.4 is 4.43 Å². The Labute approximate surface area is 432 Å². The number of fused-ring (bicyclic) bond motifs is 2. The number of ether oxygens (including phenoxy) is 4. The van der Waals surface area contributed by atoms with Gasteiger partial charge in [-0.25, -0.2) is 19.2 Å². The highest BCUT2D eigenvalue weighted by Crippen LogP contribution is 2.41. The normalized spacial score (nSPS) is 22.6. The van der Waals surface area contributed by atoms with Crippen molar-refractivity contribution in [3.05, 3.63) is 133 Å². The van der Waals surface area contributed by atoms with E-state index >= 15 is 0 Å². The molecule has 72 heavy (non-hydrogen) atoms. The molecule has 2 aromatic rings. The van der Waals surface area contributed by atoms with E-state index in [-0.39, 0.29) is 65.4 Å². The molecule has 2 aliphatic heterocycles. The maximum Gasteiger partial charge on any atom is 0.342 e. The Morgan fingerprint density at radius 2 is 1.17 bits per heavy atom. The van der Waals surface area contributed by atoms with Gasteiger partial charge in [0.2, 0.25) is 0 Å². The first-order valence-electron chi connectivity index (χ1n) is 25.3. The van der Waals surface area contributed by atoms with Crippen molar-refractivity contribution in [1.82, 2.24) is 0 Å². The molecule has 2 N–H and O–H groups in total. The van der Waals surface area contributed by atoms with Crippen molar-refractivity contribution >= 4 is 40.5 Å². The second-order valence-corrected chi connectivity index (χ2v) is 31.3. The molecule has 14 heteroatoms. The third-order valence-corrected chi connectivity index (χ3v) is 22.8. The molecule has 0 aliphatic carbocycles. The maximum absolute atomic E-state index is 14.1. The van der Waals surface area contributed by atoms with Gasteiger partial charge in [-0.3, -0.25) is 0 Å². The minimum Gasteiger partial charge on any atom is -0.543 e. The molecule has 2 heterocycles. The van der Waals surface area contributed by atoms with Crippen LogP contribution in [0.25, 0.3) is 0 Å². The van der Waals surface area contributed by atoms with Crippen LogP contribution in [0.5, 0.6) is 11.5 Å². The number of rotatable bonds is 14. The summed E-state index contributed by atoms with van der Waals surface area (Å²) < 4.78 is 35.6. The van der Waals surface area contributed by atoms with Crippen molar-refractivity contribution in [3.8, 4) is 11.5 Å². The third kappa shape index (κ3) is 19.3. The van der Waals surface area contributed by atoms with E-state index in [0.29, 0.717) is 49.0 Å². The number of carbonyl (C=O) groups excluding carboxylic acids is 4. The quantitative estimate of drug-likeness (QED) is 0.0606. The second kappa shape index (κ2) is 28.2. The molecule has 2 aliphatic rings. The monoisotopic (exact) mass is 1030 g/mol. The topological polar surface area (TPSA) is 164 Å². The van der Waals surface area contributed by atoms with E-state index in [1.807, 2.05) is 37.3 Å². The zero-order valence-corrected chi connectivity index (χ0v) is 47.2. The minimum atomic E-state index is -2.24. The molecule has 2 aromatic carbocycles. The van der Waals surface area contributed by atoms with Crippen LogP contribution in [0.4, 0.5) is 0 Å². The fourth-order valence-electron chi connectivity index (χ4n) is 7.36. The zero-order chi connectivity index (χ0) is 53.9. The Balaban J connectivity index is 0.000000410. The van der Waals surface area contributed by atoms with E-state index in [9.17, 15) is 29.4 Å². The van der Waals surface area contributed by atoms with Gasteiger partial charge in [0.15, 0.2) is 8.32 Å². The van der Waals surface area contributed by atoms with Crippen molar-refractivity contribution in [2.75, 3.05) is 13.2 Å². The van der Waals surface area contributed by atoms with E-state index in [1.54, 1.807) is 24.3 Å². The molecule has 6 atom stereocenters. The number of aliphatic hydroxyl groups is 1. The number of hydrogen-bond acceptors (Lipinski definition) is 12. The number of phenolic OH excluding ortho intramolecular Hbond substituents is 1. The summed E-state index contributed by atoms with van der Waals surface area (Å²) in [5.74, 6) is -1.42. The van der Waals surface area contributed by atoms with Crippen LogP contribution in [0.15, 0.2) is 110 Å². The Bertz CT molecular complexity index is 2260. The van der Waals surface area contributed by atoms with Crippen LogP contribution in [0, 0.1) is 11.8 Å². The smallest absolute Gasteiger partial charge is 0.342 e. The van der Waals surface area contributed by atoms with E-state index in [0.717, 1.165) is 12.0 Å². The van der Waals surface area contributed by atoms with Crippen LogP contribution in [0.1, 0.15) is 126 Å². The van der Waals surface area contributed by atoms with Crippen molar-refractivity contribution in [3.63, 3.8) is 0 Å². The molecule has 0 unspecified atom stereocenters. The summed E-state index contributed by atoms with van der Waals surface area (Å²) >= 11 is 0. The number of aromatic hydroxyl groups is 1. The van der Waals surface area contributed by atoms with Gasteiger partial charge in [-0.15, -0.1) is 0 Å². The van der Waals surface area contributed by atoms with Crippen LogP contribution in [0.2, 0.25) is 36.3 Å². The summed E-state index contributed by atoms with van der Waals surface area (Å²) in [4.78, 5) is 50.6. The van der Waals surface area contributed by atoms with Crippen LogP contribution >= 0.6 is 0 Å². The number of carbonyl (C=O) groups is 4. The Hall–Kier alpha value is -5.29. The van der Waals surface area contributed by atoms with Gasteiger partial charge in [0.1, 0.15) is 48.0 Å². The fraction of sp³-hybridized carbons (Fsp3) is 0.517. The van der Waals surface area contributed by atoms with Crippen LogP contribution in [-0.4, -0.2) is 88.4 Å². The fourth-order valence-corrected chi connectivity index (χ4v) is 9.83. The van der Waals surface area contributed by atoms with Gasteiger partial charge in [-0.05, 0) is 97.0 Å². The van der Waals surface area contributed by atoms with Gasteiger partial charge in [0.25, 0.3) is 8.32 Å². The zero-order valence-electron chi connectivity index (χ0n) is 45.2. The molecule has 0 saturated carbocycles. The molecule has 0 radical (unpaired) electrons. The highest BCUT2D eigenvalue weighted by molar-refractivity contribution is 6.75. The number of aliphatic hydroxyl groups excluding tert-OH is 1. The predicted molar refractivity (Wildman–Crippen MR) is 291 cm³/mol. The van der Waals surface area contributed by atoms with Crippen molar-refractivity contribution < 1.29 is 57.2 Å². The van der Waals surface area contributed by atoms with Gasteiger partial charge in [0, 0.05) is 37.8 Å². The number of phenols is 1. The number of hydrogen-bond donors (Lipinski definition) is 2. The molecule has 0 fully saturated rings. The second-order valence-electron chi connectivity index (χ2n) is 21.9. The van der Waals surface area contributed by atoms with E-state index in [2.05, 4.69) is 100.0 Å². The average molecular weight is 1030 g/mol. The molecule has 12 nitrogen and oxygen atoms in total. The van der Waals surface area contributed by atoms with E-state index in [1.165, 1.54) is 30.4 Å². The first-order chi connectivity index (χ1) is 33.7. The molecular weight excluding hydrogens is 945 g/mol. The van der Waals surface area contributed by atoms with Crippen LogP contribution in [0.3, 0.4) is 0 Å². The van der Waals surface area contributed by atoms with E-state index in [4.69, 9.17) is 27.8 Å². The molecule has 0 aromatic heterocycles. The standard InChI is InChI=1S/C35H56O6Si2.C23H28O6/c1-13-24-38-31(36)23-17-21-28-25-30(41-43(11,12)35(6,7)8)26(2)18-14-15-19-27-20-16-22-29(32(27)33(37)39-28)40-42(9,10)34(3,4)5;1-3-14-28-21(26)13-7-11-18-15-20(25)16(2)8-4-5-9-17-10-6-12-19(24)22(17)23(27)29-18/h13-17,20,22-23,26,28,30H,1,18-19,21,24-25H2,2-12H3;3-7,10,12-13,16,18,20,24-25H,1,8-9,11,14-15H2,2H3/b15-14+,23-17+;5-4+,13-7+/t26-,28-,30+;16-,18-,20+/m00/s1. The summed E-state index contributed by atoms with van der Waals surface area (Å²) in [7, 11) is -4.37.